The fourth-order valence-corrected chi connectivity index (χ4v) is 3.67. The maximum atomic E-state index is 12.5. The van der Waals surface area contributed by atoms with Gasteiger partial charge in [0, 0.05) is 13.0 Å². The predicted octanol–water partition coefficient (Wildman–Crippen LogP) is 3.15. The van der Waals surface area contributed by atoms with E-state index in [1.165, 1.54) is 32.2 Å². The molecule has 6 nitrogen and oxygen atoms in total. The Labute approximate surface area is 145 Å². The number of anilines is 1. The van der Waals surface area contributed by atoms with E-state index in [0.29, 0.717) is 17.4 Å². The Balaban J connectivity index is 2.87. The number of ether oxygens (including phenoxy) is 1. The maximum absolute atomic E-state index is 12.5. The summed E-state index contributed by atoms with van der Waals surface area (Å²) in [6.45, 7) is 7.51. The van der Waals surface area contributed by atoms with Gasteiger partial charge in [0.05, 0.1) is 17.7 Å². The van der Waals surface area contributed by atoms with Gasteiger partial charge in [-0.1, -0.05) is 26.7 Å². The normalized spacial score (nSPS) is 12.9. The second-order valence-corrected chi connectivity index (χ2v) is 8.10. The van der Waals surface area contributed by atoms with Gasteiger partial charge in [0.25, 0.3) is 0 Å². The summed E-state index contributed by atoms with van der Waals surface area (Å²) in [5, 5.41) is 2.58. The number of carbonyl (C=O) groups excluding carboxylic acids is 1. The molecule has 0 aliphatic heterocycles. The minimum atomic E-state index is -3.65. The number of amides is 1. The van der Waals surface area contributed by atoms with Gasteiger partial charge in [-0.25, -0.2) is 13.1 Å². The van der Waals surface area contributed by atoms with Crippen LogP contribution < -0.4 is 14.8 Å². The first-order chi connectivity index (χ1) is 11.2. The van der Waals surface area contributed by atoms with E-state index in [-0.39, 0.29) is 16.8 Å². The summed E-state index contributed by atoms with van der Waals surface area (Å²) in [7, 11) is -2.19. The lowest BCUT2D eigenvalue weighted by Gasteiger charge is -2.16. The van der Waals surface area contributed by atoms with E-state index in [2.05, 4.69) is 23.9 Å². The van der Waals surface area contributed by atoms with Gasteiger partial charge in [0.1, 0.15) is 5.75 Å². The Morgan fingerprint density at radius 3 is 2.42 bits per heavy atom. The third kappa shape index (κ3) is 6.49. The lowest BCUT2D eigenvalue weighted by atomic mass is 10.0. The van der Waals surface area contributed by atoms with E-state index in [0.717, 1.165) is 19.3 Å². The van der Waals surface area contributed by atoms with Crippen molar-refractivity contribution in [3.8, 4) is 5.75 Å². The van der Waals surface area contributed by atoms with Gasteiger partial charge >= 0.3 is 0 Å². The fourth-order valence-electron chi connectivity index (χ4n) is 2.37. The van der Waals surface area contributed by atoms with Crippen LogP contribution in [0.2, 0.25) is 0 Å². The Morgan fingerprint density at radius 2 is 1.88 bits per heavy atom. The number of sulfonamides is 1. The third-order valence-corrected chi connectivity index (χ3v) is 5.15. The molecule has 0 heterocycles. The molecule has 136 valence electrons. The molecule has 24 heavy (non-hydrogen) atoms. The average Bonchev–Trinajstić information content (AvgIpc) is 2.45. The number of methoxy groups -OCH3 is 1. The lowest BCUT2D eigenvalue weighted by molar-refractivity contribution is -0.114. The molecule has 1 rings (SSSR count). The van der Waals surface area contributed by atoms with E-state index in [9.17, 15) is 13.2 Å². The summed E-state index contributed by atoms with van der Waals surface area (Å²) in [4.78, 5) is 11.4. The highest BCUT2D eigenvalue weighted by Crippen LogP contribution is 2.27. The van der Waals surface area contributed by atoms with E-state index in [1.807, 2.05) is 6.92 Å². The van der Waals surface area contributed by atoms with Crippen LogP contribution in [0.25, 0.3) is 0 Å². The lowest BCUT2D eigenvalue weighted by Crippen LogP contribution is -2.32. The van der Waals surface area contributed by atoms with Gasteiger partial charge < -0.3 is 10.1 Å². The summed E-state index contributed by atoms with van der Waals surface area (Å²) in [6.07, 6.45) is 2.83. The number of nitrogens with one attached hydrogen (secondary N) is 2. The van der Waals surface area contributed by atoms with Crippen LogP contribution in [0.15, 0.2) is 23.1 Å². The molecule has 0 aliphatic rings. The summed E-state index contributed by atoms with van der Waals surface area (Å²) in [5.74, 6) is 0.725. The molecule has 1 aromatic carbocycles. The predicted molar refractivity (Wildman–Crippen MR) is 95.8 cm³/mol. The van der Waals surface area contributed by atoms with Crippen LogP contribution in [0.4, 0.5) is 5.69 Å². The molecule has 7 heteroatoms. The Kier molecular flexibility index (Phi) is 7.69. The van der Waals surface area contributed by atoms with Crippen LogP contribution in [0.3, 0.4) is 0 Å². The van der Waals surface area contributed by atoms with Gasteiger partial charge in [0.15, 0.2) is 0 Å². The topological polar surface area (TPSA) is 84.5 Å². The molecular weight excluding hydrogens is 328 g/mol. The number of hydrogen-bond donors (Lipinski definition) is 2. The average molecular weight is 356 g/mol. The number of rotatable bonds is 9. The first kappa shape index (κ1) is 20.4. The molecule has 0 aromatic heterocycles. The van der Waals surface area contributed by atoms with Gasteiger partial charge in [-0.15, -0.1) is 0 Å². The first-order valence-corrected chi connectivity index (χ1v) is 9.62. The van der Waals surface area contributed by atoms with E-state index >= 15 is 0 Å². The van der Waals surface area contributed by atoms with Crippen LogP contribution in [0.5, 0.6) is 5.75 Å². The third-order valence-electron chi connectivity index (χ3n) is 3.57. The molecule has 0 spiro atoms. The van der Waals surface area contributed by atoms with Gasteiger partial charge in [0.2, 0.25) is 15.9 Å². The summed E-state index contributed by atoms with van der Waals surface area (Å²) < 4.78 is 32.8. The van der Waals surface area contributed by atoms with E-state index in [4.69, 9.17) is 4.74 Å². The quantitative estimate of drug-likeness (QED) is 0.712. The highest BCUT2D eigenvalue weighted by Gasteiger charge is 2.19. The van der Waals surface area contributed by atoms with Crippen molar-refractivity contribution in [2.24, 2.45) is 5.92 Å². The van der Waals surface area contributed by atoms with Crippen molar-refractivity contribution >= 4 is 21.6 Å². The largest absolute Gasteiger partial charge is 0.495 e. The Morgan fingerprint density at radius 1 is 1.21 bits per heavy atom. The molecule has 1 aromatic rings. The zero-order valence-electron chi connectivity index (χ0n) is 15.0. The molecule has 0 unspecified atom stereocenters. The molecule has 0 saturated carbocycles. The summed E-state index contributed by atoms with van der Waals surface area (Å²) in [5.41, 5.74) is 0.334. The number of carbonyl (C=O) groups is 1. The molecule has 1 amide bonds. The van der Waals surface area contributed by atoms with Crippen LogP contribution in [0, 0.1) is 5.92 Å². The van der Waals surface area contributed by atoms with E-state index < -0.39 is 10.0 Å². The van der Waals surface area contributed by atoms with Gasteiger partial charge in [-0.3, -0.25) is 4.79 Å². The van der Waals surface area contributed by atoms with Crippen LogP contribution >= 0.6 is 0 Å². The minimum Gasteiger partial charge on any atom is -0.495 e. The van der Waals surface area contributed by atoms with Crippen LogP contribution in [-0.2, 0) is 14.8 Å². The number of hydrogen-bond acceptors (Lipinski definition) is 4. The van der Waals surface area contributed by atoms with Crippen molar-refractivity contribution < 1.29 is 17.9 Å². The second kappa shape index (κ2) is 9.03. The molecule has 0 fully saturated rings. The van der Waals surface area contributed by atoms with E-state index in [1.54, 1.807) is 0 Å². The van der Waals surface area contributed by atoms with Gasteiger partial charge in [-0.2, -0.15) is 0 Å². The van der Waals surface area contributed by atoms with Crippen LogP contribution in [-0.4, -0.2) is 27.5 Å². The number of benzene rings is 1. The van der Waals surface area contributed by atoms with Crippen molar-refractivity contribution in [1.82, 2.24) is 4.72 Å². The van der Waals surface area contributed by atoms with Crippen molar-refractivity contribution in [3.05, 3.63) is 18.2 Å². The monoisotopic (exact) mass is 356 g/mol. The maximum Gasteiger partial charge on any atom is 0.240 e. The zero-order chi connectivity index (χ0) is 18.3. The highest BCUT2D eigenvalue weighted by molar-refractivity contribution is 7.89. The second-order valence-electron chi connectivity index (χ2n) is 6.39. The summed E-state index contributed by atoms with van der Waals surface area (Å²) in [6, 6.07) is 4.25. The molecule has 2 N–H and O–H groups in total. The Hall–Kier alpha value is -1.60. The van der Waals surface area contributed by atoms with Crippen molar-refractivity contribution in [2.75, 3.05) is 12.4 Å². The molecule has 0 bridgehead atoms. The van der Waals surface area contributed by atoms with Crippen LogP contribution in [0.1, 0.15) is 47.0 Å². The zero-order valence-corrected chi connectivity index (χ0v) is 15.9. The fraction of sp³-hybridized carbons (Fsp3) is 0.588. The molecule has 0 aliphatic carbocycles. The van der Waals surface area contributed by atoms with Crippen molar-refractivity contribution in [2.45, 2.75) is 57.9 Å². The SMILES string of the molecule is COc1ccc(S(=O)(=O)N[C@H](C)CCCC(C)C)cc1NC(C)=O. The van der Waals surface area contributed by atoms with Crippen molar-refractivity contribution in [3.63, 3.8) is 0 Å². The smallest absolute Gasteiger partial charge is 0.240 e. The standard InChI is InChI=1S/C17H28N2O4S/c1-12(2)7-6-8-13(3)19-24(21,22)15-9-10-17(23-5)16(11-15)18-14(4)20/h9-13,19H,6-8H2,1-5H3,(H,18,20)/t13-/m1/s1. The van der Waals surface area contributed by atoms with Gasteiger partial charge in [-0.05, 0) is 37.5 Å². The Bertz CT molecular complexity index is 657. The molecule has 1 atom stereocenters. The molecule has 0 radical (unpaired) electrons. The molecular formula is C17H28N2O4S. The highest BCUT2D eigenvalue weighted by atomic mass is 32.2. The molecule has 0 saturated heterocycles. The van der Waals surface area contributed by atoms with Crippen molar-refractivity contribution in [1.29, 1.82) is 0 Å². The first-order valence-electron chi connectivity index (χ1n) is 8.13. The summed E-state index contributed by atoms with van der Waals surface area (Å²) >= 11 is 0. The minimum absolute atomic E-state index is 0.0998.